The third-order valence-corrected chi connectivity index (χ3v) is 5.64. The van der Waals surface area contributed by atoms with Gasteiger partial charge in [0.2, 0.25) is 0 Å². The maximum Gasteiger partial charge on any atom is 0.276 e. The highest BCUT2D eigenvalue weighted by molar-refractivity contribution is 9.10. The molecule has 4 rings (SSSR count). The maximum atomic E-state index is 12.7. The van der Waals surface area contributed by atoms with Gasteiger partial charge in [-0.2, -0.15) is 5.10 Å². The number of amides is 1. The molecule has 0 fully saturated rings. The summed E-state index contributed by atoms with van der Waals surface area (Å²) < 4.78 is 13.5. The molecule has 12 heteroatoms. The molecule has 0 aliphatic heterocycles. The van der Waals surface area contributed by atoms with Gasteiger partial charge in [0, 0.05) is 28.4 Å². The van der Waals surface area contributed by atoms with Gasteiger partial charge in [-0.1, -0.05) is 23.2 Å². The molecule has 0 spiro atoms. The Balaban J connectivity index is 1.46. The molecule has 1 aromatic heterocycles. The molecule has 0 aliphatic carbocycles. The van der Waals surface area contributed by atoms with Crippen LogP contribution in [-0.2, 0) is 6.73 Å². The highest BCUT2D eigenvalue weighted by atomic mass is 79.9. The van der Waals surface area contributed by atoms with E-state index in [4.69, 9.17) is 32.7 Å². The van der Waals surface area contributed by atoms with Gasteiger partial charge in [0.25, 0.3) is 11.6 Å². The number of hydrogen-bond donors (Lipinski definition) is 1. The zero-order chi connectivity index (χ0) is 24.9. The highest BCUT2D eigenvalue weighted by Gasteiger charge is 2.16. The van der Waals surface area contributed by atoms with E-state index >= 15 is 0 Å². The average Bonchev–Trinajstić information content (AvgIpc) is 3.29. The zero-order valence-corrected chi connectivity index (χ0v) is 20.7. The van der Waals surface area contributed by atoms with Gasteiger partial charge >= 0.3 is 0 Å². The Hall–Kier alpha value is -3.60. The molecule has 0 radical (unpaired) electrons. The lowest BCUT2D eigenvalue weighted by atomic mass is 10.2. The summed E-state index contributed by atoms with van der Waals surface area (Å²) in [6.07, 6.45) is 1.57. The van der Waals surface area contributed by atoms with E-state index in [1.807, 2.05) is 0 Å². The number of anilines is 1. The fourth-order valence-electron chi connectivity index (χ4n) is 2.94. The van der Waals surface area contributed by atoms with E-state index in [0.717, 1.165) is 0 Å². The molecule has 0 saturated carbocycles. The molecule has 1 N–H and O–H groups in total. The van der Waals surface area contributed by atoms with Crippen LogP contribution >= 0.6 is 39.1 Å². The quantitative estimate of drug-likeness (QED) is 0.179. The summed E-state index contributed by atoms with van der Waals surface area (Å²) in [5.41, 5.74) is 0.0127. The molecule has 0 bridgehead atoms. The Morgan fingerprint density at radius 1 is 1.03 bits per heavy atom. The number of carbonyl (C=O) groups excluding carboxylic acids is 1. The van der Waals surface area contributed by atoms with Crippen LogP contribution in [0.4, 0.5) is 11.4 Å². The average molecular weight is 578 g/mol. The van der Waals surface area contributed by atoms with Crippen LogP contribution in [0.15, 0.2) is 77.4 Å². The van der Waals surface area contributed by atoms with E-state index in [2.05, 4.69) is 26.3 Å². The van der Waals surface area contributed by atoms with Crippen molar-refractivity contribution in [1.29, 1.82) is 0 Å². The third-order valence-electron chi connectivity index (χ3n) is 4.53. The number of non-ortho nitro benzene ring substituents is 1. The van der Waals surface area contributed by atoms with Gasteiger partial charge in [0.15, 0.2) is 12.4 Å². The smallest absolute Gasteiger partial charge is 0.276 e. The van der Waals surface area contributed by atoms with E-state index in [1.165, 1.54) is 28.9 Å². The maximum absolute atomic E-state index is 12.7. The summed E-state index contributed by atoms with van der Waals surface area (Å²) in [5, 5.41) is 19.2. The van der Waals surface area contributed by atoms with Crippen LogP contribution in [0.3, 0.4) is 0 Å². The number of ether oxygens (including phenoxy) is 2. The molecular weight excluding hydrogens is 563 g/mol. The minimum atomic E-state index is -0.578. The number of carbonyl (C=O) groups is 1. The molecule has 0 atom stereocenters. The van der Waals surface area contributed by atoms with Crippen LogP contribution in [0.2, 0.25) is 10.0 Å². The fraction of sp³-hybridized carbons (Fsp3) is 0.0435. The minimum absolute atomic E-state index is 0.0450. The second kappa shape index (κ2) is 10.8. The van der Waals surface area contributed by atoms with Gasteiger partial charge in [-0.05, 0) is 64.5 Å². The van der Waals surface area contributed by atoms with Crippen molar-refractivity contribution in [3.63, 3.8) is 0 Å². The molecule has 0 saturated heterocycles. The van der Waals surface area contributed by atoms with Gasteiger partial charge < -0.3 is 14.8 Å². The van der Waals surface area contributed by atoms with Crippen LogP contribution in [-0.4, -0.2) is 20.6 Å². The van der Waals surface area contributed by atoms with E-state index in [0.29, 0.717) is 26.0 Å². The largest absolute Gasteiger partial charge is 0.470 e. The Labute approximate surface area is 217 Å². The van der Waals surface area contributed by atoms with Crippen molar-refractivity contribution in [3.05, 3.63) is 103 Å². The van der Waals surface area contributed by atoms with Crippen molar-refractivity contribution in [2.24, 2.45) is 0 Å². The summed E-state index contributed by atoms with van der Waals surface area (Å²) in [6, 6.07) is 17.0. The standard InChI is InChI=1S/C23H15BrCl2N4O5/c24-20-9-15(26)3-6-22(20)34-13-29-8-7-21(28-29)23(31)27-16-10-17(30(32)33)12-19(11-16)35-18-4-1-14(25)2-5-18/h1-12H,13H2,(H,27,31). The number of aromatic nitrogens is 2. The van der Waals surface area contributed by atoms with Crippen molar-refractivity contribution < 1.29 is 19.2 Å². The van der Waals surface area contributed by atoms with E-state index in [9.17, 15) is 14.9 Å². The first-order chi connectivity index (χ1) is 16.8. The lowest BCUT2D eigenvalue weighted by Crippen LogP contribution is -2.14. The number of nitrogens with one attached hydrogen (secondary N) is 1. The van der Waals surface area contributed by atoms with Crippen molar-refractivity contribution >= 4 is 56.4 Å². The lowest BCUT2D eigenvalue weighted by molar-refractivity contribution is -0.384. The summed E-state index contributed by atoms with van der Waals surface area (Å²) >= 11 is 15.2. The van der Waals surface area contributed by atoms with Crippen LogP contribution in [0.25, 0.3) is 0 Å². The number of hydrogen-bond acceptors (Lipinski definition) is 6. The van der Waals surface area contributed by atoms with Crippen molar-refractivity contribution in [2.75, 3.05) is 5.32 Å². The number of halogens is 3. The Morgan fingerprint density at radius 2 is 1.77 bits per heavy atom. The minimum Gasteiger partial charge on any atom is -0.470 e. The second-order valence-corrected chi connectivity index (χ2v) is 8.80. The summed E-state index contributed by atoms with van der Waals surface area (Å²) in [7, 11) is 0. The molecule has 0 aliphatic rings. The van der Waals surface area contributed by atoms with Gasteiger partial charge in [0.05, 0.1) is 21.1 Å². The lowest BCUT2D eigenvalue weighted by Gasteiger charge is -2.09. The molecular formula is C23H15BrCl2N4O5. The first-order valence-corrected chi connectivity index (χ1v) is 11.5. The SMILES string of the molecule is O=C(Nc1cc(Oc2ccc(Cl)cc2)cc([N+](=O)[O-])c1)c1ccn(COc2ccc(Cl)cc2Br)n1. The van der Waals surface area contributed by atoms with E-state index < -0.39 is 10.8 Å². The van der Waals surface area contributed by atoms with E-state index in [-0.39, 0.29) is 29.5 Å². The molecule has 178 valence electrons. The number of nitro benzene ring substituents is 1. The van der Waals surface area contributed by atoms with Crippen molar-refractivity contribution in [2.45, 2.75) is 6.73 Å². The summed E-state index contributed by atoms with van der Waals surface area (Å²) in [4.78, 5) is 23.5. The molecule has 1 amide bonds. The third kappa shape index (κ3) is 6.50. The first-order valence-electron chi connectivity index (χ1n) is 9.92. The predicted molar refractivity (Wildman–Crippen MR) is 135 cm³/mol. The molecule has 1 heterocycles. The number of nitro groups is 1. The molecule has 9 nitrogen and oxygen atoms in total. The van der Waals surface area contributed by atoms with E-state index in [1.54, 1.807) is 48.7 Å². The van der Waals surface area contributed by atoms with Crippen LogP contribution in [0.1, 0.15) is 10.5 Å². The molecule has 0 unspecified atom stereocenters. The number of rotatable bonds is 8. The van der Waals surface area contributed by atoms with Gasteiger partial charge in [-0.25, -0.2) is 4.68 Å². The van der Waals surface area contributed by atoms with Crippen LogP contribution < -0.4 is 14.8 Å². The van der Waals surface area contributed by atoms with Crippen LogP contribution in [0.5, 0.6) is 17.2 Å². The molecule has 35 heavy (non-hydrogen) atoms. The molecule has 4 aromatic rings. The Morgan fingerprint density at radius 3 is 2.49 bits per heavy atom. The van der Waals surface area contributed by atoms with Crippen molar-refractivity contribution in [3.8, 4) is 17.2 Å². The zero-order valence-electron chi connectivity index (χ0n) is 17.7. The van der Waals surface area contributed by atoms with Gasteiger partial charge in [0.1, 0.15) is 17.2 Å². The monoisotopic (exact) mass is 576 g/mol. The Bertz CT molecular complexity index is 1400. The summed E-state index contributed by atoms with van der Waals surface area (Å²) in [5.74, 6) is 0.595. The summed E-state index contributed by atoms with van der Waals surface area (Å²) in [6.45, 7) is 0.0450. The number of nitrogens with zero attached hydrogens (tertiary/aromatic N) is 3. The normalized spacial score (nSPS) is 10.6. The second-order valence-electron chi connectivity index (χ2n) is 7.07. The van der Waals surface area contributed by atoms with Gasteiger partial charge in [-0.3, -0.25) is 14.9 Å². The number of benzene rings is 3. The van der Waals surface area contributed by atoms with Crippen LogP contribution in [0, 0.1) is 10.1 Å². The fourth-order valence-corrected chi connectivity index (χ4v) is 3.86. The van der Waals surface area contributed by atoms with Gasteiger partial charge in [-0.15, -0.1) is 0 Å². The molecule has 3 aromatic carbocycles. The Kier molecular flexibility index (Phi) is 7.54. The first kappa shape index (κ1) is 24.5. The van der Waals surface area contributed by atoms with Crippen molar-refractivity contribution in [1.82, 2.24) is 9.78 Å². The predicted octanol–water partition coefficient (Wildman–Crippen LogP) is 6.94. The highest BCUT2D eigenvalue weighted by Crippen LogP contribution is 2.31. The topological polar surface area (TPSA) is 109 Å².